The zero-order valence-corrected chi connectivity index (χ0v) is 17.6. The van der Waals surface area contributed by atoms with Gasteiger partial charge in [0.05, 0.1) is 19.1 Å². The van der Waals surface area contributed by atoms with Crippen molar-refractivity contribution in [2.45, 2.75) is 26.3 Å². The number of aromatic amines is 1. The third-order valence-electron chi connectivity index (χ3n) is 5.19. The van der Waals surface area contributed by atoms with E-state index in [1.807, 2.05) is 0 Å². The van der Waals surface area contributed by atoms with Crippen molar-refractivity contribution >= 4 is 40.3 Å². The van der Waals surface area contributed by atoms with Gasteiger partial charge in [0.25, 0.3) is 0 Å². The van der Waals surface area contributed by atoms with Crippen LogP contribution in [0.1, 0.15) is 30.8 Å². The number of piperazine rings is 1. The fraction of sp³-hybridized carbons (Fsp3) is 0.429. The number of amides is 3. The third-order valence-corrected chi connectivity index (χ3v) is 5.19. The van der Waals surface area contributed by atoms with Gasteiger partial charge in [-0.15, -0.1) is 0 Å². The van der Waals surface area contributed by atoms with Crippen LogP contribution in [-0.4, -0.2) is 77.3 Å². The lowest BCUT2D eigenvalue weighted by Crippen LogP contribution is -2.51. The van der Waals surface area contributed by atoms with E-state index in [0.29, 0.717) is 37.6 Å². The zero-order chi connectivity index (χ0) is 22.5. The number of aromatic nitrogens is 1. The maximum atomic E-state index is 12.5. The minimum Gasteiger partial charge on any atom is -0.461 e. The molecule has 2 heterocycles. The Morgan fingerprint density at radius 3 is 2.45 bits per heavy atom. The number of hydrogen-bond donors (Lipinski definition) is 3. The summed E-state index contributed by atoms with van der Waals surface area (Å²) in [5.41, 5.74) is 7.50. The van der Waals surface area contributed by atoms with Gasteiger partial charge in [0, 0.05) is 49.7 Å². The third kappa shape index (κ3) is 5.40. The van der Waals surface area contributed by atoms with Crippen molar-refractivity contribution in [3.63, 3.8) is 0 Å². The van der Waals surface area contributed by atoms with Gasteiger partial charge in [-0.2, -0.15) is 0 Å². The minimum absolute atomic E-state index is 0.0167. The highest BCUT2D eigenvalue weighted by atomic mass is 16.5. The van der Waals surface area contributed by atoms with Gasteiger partial charge in [0.1, 0.15) is 5.69 Å². The lowest BCUT2D eigenvalue weighted by molar-refractivity contribution is -0.139. The molecule has 3 rings (SSSR count). The zero-order valence-electron chi connectivity index (χ0n) is 17.6. The first-order valence-electron chi connectivity index (χ1n) is 10.2. The number of benzene rings is 1. The normalized spacial score (nSPS) is 14.9. The molecule has 1 atom stereocenters. The van der Waals surface area contributed by atoms with Crippen LogP contribution >= 0.6 is 0 Å². The summed E-state index contributed by atoms with van der Waals surface area (Å²) in [7, 11) is 0. The van der Waals surface area contributed by atoms with Crippen molar-refractivity contribution in [3.8, 4) is 0 Å². The van der Waals surface area contributed by atoms with E-state index in [1.165, 1.54) is 6.92 Å². The van der Waals surface area contributed by atoms with Crippen LogP contribution < -0.4 is 11.1 Å². The molecule has 1 aromatic carbocycles. The topological polar surface area (TPSA) is 138 Å². The summed E-state index contributed by atoms with van der Waals surface area (Å²) in [5.74, 6) is -1.16. The van der Waals surface area contributed by atoms with Crippen LogP contribution in [0.25, 0.3) is 10.9 Å². The van der Waals surface area contributed by atoms with Crippen molar-refractivity contribution < 1.29 is 23.9 Å². The summed E-state index contributed by atoms with van der Waals surface area (Å²) in [4.78, 5) is 54.4. The van der Waals surface area contributed by atoms with E-state index in [0.717, 1.165) is 10.9 Å². The Morgan fingerprint density at radius 1 is 1.13 bits per heavy atom. The molecule has 1 saturated heterocycles. The molecule has 0 aliphatic carbocycles. The molecule has 2 aromatic rings. The molecule has 0 radical (unpaired) electrons. The molecule has 10 heteroatoms. The van der Waals surface area contributed by atoms with Crippen LogP contribution in [0.15, 0.2) is 24.3 Å². The van der Waals surface area contributed by atoms with Gasteiger partial charge in [-0.05, 0) is 31.2 Å². The second kappa shape index (κ2) is 9.61. The number of rotatable bonds is 6. The Balaban J connectivity index is 1.56. The second-order valence-electron chi connectivity index (χ2n) is 7.39. The number of nitrogens with two attached hydrogens (primary N) is 1. The smallest absolute Gasteiger partial charge is 0.354 e. The molecule has 10 nitrogen and oxygen atoms in total. The molecular weight excluding hydrogens is 402 g/mol. The van der Waals surface area contributed by atoms with Gasteiger partial charge in [0.15, 0.2) is 0 Å². The van der Waals surface area contributed by atoms with E-state index in [1.54, 1.807) is 41.0 Å². The van der Waals surface area contributed by atoms with Crippen molar-refractivity contribution in [3.05, 3.63) is 30.0 Å². The molecule has 0 spiro atoms. The molecule has 1 aromatic heterocycles. The summed E-state index contributed by atoms with van der Waals surface area (Å²) in [5, 5.41) is 3.44. The lowest BCUT2D eigenvalue weighted by atomic mass is 10.1. The number of hydrogen-bond acceptors (Lipinski definition) is 6. The average Bonchev–Trinajstić information content (AvgIpc) is 3.17. The summed E-state index contributed by atoms with van der Waals surface area (Å²) >= 11 is 0. The Morgan fingerprint density at radius 2 is 1.81 bits per heavy atom. The predicted molar refractivity (Wildman–Crippen MR) is 114 cm³/mol. The fourth-order valence-corrected chi connectivity index (χ4v) is 3.44. The van der Waals surface area contributed by atoms with Crippen molar-refractivity contribution in [2.75, 3.05) is 38.1 Å². The number of anilines is 1. The highest BCUT2D eigenvalue weighted by Crippen LogP contribution is 2.21. The number of nitrogens with zero attached hydrogens (tertiary/aromatic N) is 2. The average molecular weight is 429 g/mol. The van der Waals surface area contributed by atoms with Crippen LogP contribution in [0.5, 0.6) is 0 Å². The predicted octanol–water partition coefficient (Wildman–Crippen LogP) is 0.691. The van der Waals surface area contributed by atoms with Crippen LogP contribution in [0.2, 0.25) is 0 Å². The first-order valence-corrected chi connectivity index (χ1v) is 10.2. The van der Waals surface area contributed by atoms with Gasteiger partial charge in [-0.3, -0.25) is 14.4 Å². The number of carbonyl (C=O) groups is 4. The van der Waals surface area contributed by atoms with Crippen LogP contribution in [0.4, 0.5) is 5.69 Å². The molecule has 3 amide bonds. The van der Waals surface area contributed by atoms with Gasteiger partial charge in [-0.1, -0.05) is 0 Å². The first-order chi connectivity index (χ1) is 14.8. The SMILES string of the molecule is CCOC(=O)c1cc2cc(NC(=O)C(N)CC(=O)N3CCN(C(C)=O)CC3)ccc2[nH]1. The molecule has 1 unspecified atom stereocenters. The molecule has 166 valence electrons. The van der Waals surface area contributed by atoms with Crippen molar-refractivity contribution in [1.29, 1.82) is 0 Å². The second-order valence-corrected chi connectivity index (χ2v) is 7.39. The van der Waals surface area contributed by atoms with Crippen LogP contribution in [-0.2, 0) is 19.1 Å². The Kier molecular flexibility index (Phi) is 6.91. The van der Waals surface area contributed by atoms with Crippen LogP contribution in [0, 0.1) is 0 Å². The maximum Gasteiger partial charge on any atom is 0.354 e. The summed E-state index contributed by atoms with van der Waals surface area (Å²) in [6.45, 7) is 5.33. The van der Waals surface area contributed by atoms with Gasteiger partial charge in [0.2, 0.25) is 17.7 Å². The Labute approximate surface area is 179 Å². The first kappa shape index (κ1) is 22.3. The van der Waals surface area contributed by atoms with Gasteiger partial charge >= 0.3 is 5.97 Å². The highest BCUT2D eigenvalue weighted by Gasteiger charge is 2.25. The lowest BCUT2D eigenvalue weighted by Gasteiger charge is -2.34. The quantitative estimate of drug-likeness (QED) is 0.578. The summed E-state index contributed by atoms with van der Waals surface area (Å²) in [6.07, 6.45) is -0.120. The standard InChI is InChI=1S/C21H27N5O5/c1-3-31-21(30)18-11-14-10-15(4-5-17(14)24-18)23-20(29)16(22)12-19(28)26-8-6-25(7-9-26)13(2)27/h4-5,10-11,16,24H,3,6-9,12,22H2,1-2H3,(H,23,29). The molecule has 1 aliphatic rings. The van der Waals surface area contributed by atoms with Gasteiger partial charge < -0.3 is 30.6 Å². The molecule has 4 N–H and O–H groups in total. The summed E-state index contributed by atoms with van der Waals surface area (Å²) < 4.78 is 4.98. The maximum absolute atomic E-state index is 12.5. The van der Waals surface area contributed by atoms with E-state index < -0.39 is 17.9 Å². The van der Waals surface area contributed by atoms with E-state index >= 15 is 0 Å². The Bertz CT molecular complexity index is 993. The molecule has 1 aliphatic heterocycles. The summed E-state index contributed by atoms with van der Waals surface area (Å²) in [6, 6.07) is 5.77. The van der Waals surface area contributed by atoms with Crippen LogP contribution in [0.3, 0.4) is 0 Å². The largest absolute Gasteiger partial charge is 0.461 e. The number of ether oxygens (including phenoxy) is 1. The van der Waals surface area contributed by atoms with Crippen molar-refractivity contribution in [1.82, 2.24) is 14.8 Å². The molecule has 1 fully saturated rings. The Hall–Kier alpha value is -3.40. The fourth-order valence-electron chi connectivity index (χ4n) is 3.44. The number of H-pyrrole nitrogens is 1. The van der Waals surface area contributed by atoms with E-state index in [2.05, 4.69) is 10.3 Å². The van der Waals surface area contributed by atoms with E-state index in [-0.39, 0.29) is 24.8 Å². The highest BCUT2D eigenvalue weighted by molar-refractivity contribution is 6.00. The number of carbonyl (C=O) groups excluding carboxylic acids is 4. The van der Waals surface area contributed by atoms with E-state index in [4.69, 9.17) is 10.5 Å². The molecule has 0 saturated carbocycles. The number of esters is 1. The molecule has 0 bridgehead atoms. The van der Waals surface area contributed by atoms with Gasteiger partial charge in [-0.25, -0.2) is 4.79 Å². The van der Waals surface area contributed by atoms with E-state index in [9.17, 15) is 19.2 Å². The minimum atomic E-state index is -1.00. The monoisotopic (exact) mass is 429 g/mol. The molecular formula is C21H27N5O5. The van der Waals surface area contributed by atoms with Crippen molar-refractivity contribution in [2.24, 2.45) is 5.73 Å². The number of fused-ring (bicyclic) bond motifs is 1. The molecule has 31 heavy (non-hydrogen) atoms. The number of nitrogens with one attached hydrogen (secondary N) is 2.